The van der Waals surface area contributed by atoms with Crippen molar-refractivity contribution >= 4 is 10.1 Å². The van der Waals surface area contributed by atoms with E-state index in [1.807, 2.05) is 0 Å². The molecule has 0 aromatic carbocycles. The van der Waals surface area contributed by atoms with Crippen molar-refractivity contribution in [2.75, 3.05) is 26.0 Å². The molecule has 0 aromatic heterocycles. The van der Waals surface area contributed by atoms with Crippen LogP contribution in [0.5, 0.6) is 0 Å². The quantitative estimate of drug-likeness (QED) is 0.625. The summed E-state index contributed by atoms with van der Waals surface area (Å²) in [6.45, 7) is 1.27. The van der Waals surface area contributed by atoms with Gasteiger partial charge < -0.3 is 5.21 Å². The third-order valence-corrected chi connectivity index (χ3v) is 2.35. The predicted octanol–water partition coefficient (Wildman–Crippen LogP) is -0.326. The first-order valence-corrected chi connectivity index (χ1v) is 5.57. The summed E-state index contributed by atoms with van der Waals surface area (Å²) in [6.07, 6.45) is 1.81. The van der Waals surface area contributed by atoms with E-state index < -0.39 is 10.1 Å². The monoisotopic (exact) mass is 195 g/mol. The third kappa shape index (κ3) is 3.48. The molecule has 5 nitrogen and oxygen atoms in total. The molecule has 1 unspecified atom stereocenters. The minimum absolute atomic E-state index is 0.129. The minimum atomic E-state index is -3.33. The summed E-state index contributed by atoms with van der Waals surface area (Å²) < 4.78 is 25.7. The number of nitrogens with zero attached hydrogens (tertiary/aromatic N) is 1. The SMILES string of the molecule is CS(=O)(=O)OCC1CCN(O)C1. The van der Waals surface area contributed by atoms with Crippen LogP contribution in [0, 0.1) is 5.92 Å². The number of hydroxylamine groups is 2. The summed E-state index contributed by atoms with van der Waals surface area (Å²) in [6, 6.07) is 0. The lowest BCUT2D eigenvalue weighted by Crippen LogP contribution is -2.18. The van der Waals surface area contributed by atoms with Crippen molar-refractivity contribution in [1.82, 2.24) is 5.06 Å². The summed E-state index contributed by atoms with van der Waals surface area (Å²) in [5.74, 6) is 0.129. The fraction of sp³-hybridized carbons (Fsp3) is 1.00. The van der Waals surface area contributed by atoms with Gasteiger partial charge in [-0.15, -0.1) is 0 Å². The molecule has 72 valence electrons. The molecule has 1 atom stereocenters. The Balaban J connectivity index is 2.25. The van der Waals surface area contributed by atoms with E-state index in [-0.39, 0.29) is 12.5 Å². The Labute approximate surface area is 72.0 Å². The van der Waals surface area contributed by atoms with Gasteiger partial charge in [-0.05, 0) is 6.42 Å². The van der Waals surface area contributed by atoms with Crippen LogP contribution in [0.3, 0.4) is 0 Å². The summed E-state index contributed by atoms with van der Waals surface area (Å²) in [4.78, 5) is 0. The van der Waals surface area contributed by atoms with E-state index in [1.54, 1.807) is 0 Å². The van der Waals surface area contributed by atoms with Gasteiger partial charge in [-0.2, -0.15) is 13.5 Å². The van der Waals surface area contributed by atoms with Crippen molar-refractivity contribution in [3.8, 4) is 0 Å². The van der Waals surface area contributed by atoms with Gasteiger partial charge in [-0.1, -0.05) is 0 Å². The zero-order valence-corrected chi connectivity index (χ0v) is 7.75. The van der Waals surface area contributed by atoms with Gasteiger partial charge in [0.15, 0.2) is 0 Å². The Bertz CT molecular complexity index is 238. The molecular formula is C6H13NO4S. The normalized spacial score (nSPS) is 26.3. The van der Waals surface area contributed by atoms with Crippen molar-refractivity contribution < 1.29 is 17.8 Å². The Morgan fingerprint density at radius 3 is 2.75 bits per heavy atom. The van der Waals surface area contributed by atoms with E-state index in [0.29, 0.717) is 13.1 Å². The van der Waals surface area contributed by atoms with Gasteiger partial charge in [-0.25, -0.2) is 0 Å². The molecule has 1 rings (SSSR count). The molecule has 1 heterocycles. The molecule has 0 spiro atoms. The Morgan fingerprint density at radius 1 is 1.67 bits per heavy atom. The lowest BCUT2D eigenvalue weighted by Gasteiger charge is -2.08. The Morgan fingerprint density at radius 2 is 2.33 bits per heavy atom. The van der Waals surface area contributed by atoms with Crippen LogP contribution in [0.25, 0.3) is 0 Å². The second-order valence-corrected chi connectivity index (χ2v) is 4.70. The van der Waals surface area contributed by atoms with Crippen molar-refractivity contribution in [1.29, 1.82) is 0 Å². The molecular weight excluding hydrogens is 182 g/mol. The van der Waals surface area contributed by atoms with E-state index in [0.717, 1.165) is 12.7 Å². The first kappa shape index (κ1) is 9.91. The zero-order valence-electron chi connectivity index (χ0n) is 6.93. The average Bonchev–Trinajstić information content (AvgIpc) is 2.30. The largest absolute Gasteiger partial charge is 0.314 e. The standard InChI is InChI=1S/C6H13NO4S/c1-12(9,10)11-5-6-2-3-7(8)4-6/h6,8H,2-5H2,1H3. The molecule has 0 saturated carbocycles. The maximum Gasteiger partial charge on any atom is 0.264 e. The molecule has 0 amide bonds. The van der Waals surface area contributed by atoms with E-state index in [4.69, 9.17) is 5.21 Å². The fourth-order valence-corrected chi connectivity index (χ4v) is 1.61. The van der Waals surface area contributed by atoms with Gasteiger partial charge in [-0.3, -0.25) is 4.18 Å². The van der Waals surface area contributed by atoms with Crippen LogP contribution in [-0.2, 0) is 14.3 Å². The number of rotatable bonds is 3. The maximum atomic E-state index is 10.6. The molecule has 0 bridgehead atoms. The first-order valence-electron chi connectivity index (χ1n) is 3.75. The summed E-state index contributed by atoms with van der Waals surface area (Å²) in [7, 11) is -3.33. The molecule has 0 radical (unpaired) electrons. The molecule has 1 N–H and O–H groups in total. The van der Waals surface area contributed by atoms with Gasteiger partial charge >= 0.3 is 0 Å². The van der Waals surface area contributed by atoms with Crippen LogP contribution >= 0.6 is 0 Å². The summed E-state index contributed by atoms with van der Waals surface area (Å²) in [5.41, 5.74) is 0. The molecule has 1 saturated heterocycles. The van der Waals surface area contributed by atoms with E-state index in [9.17, 15) is 8.42 Å². The van der Waals surface area contributed by atoms with E-state index in [2.05, 4.69) is 4.18 Å². The molecule has 6 heteroatoms. The lowest BCUT2D eigenvalue weighted by molar-refractivity contribution is -0.0723. The van der Waals surface area contributed by atoms with Crippen LogP contribution < -0.4 is 0 Å². The van der Waals surface area contributed by atoms with E-state index in [1.165, 1.54) is 5.06 Å². The van der Waals surface area contributed by atoms with Crippen molar-refractivity contribution in [3.63, 3.8) is 0 Å². The van der Waals surface area contributed by atoms with Crippen LogP contribution in [0.15, 0.2) is 0 Å². The van der Waals surface area contributed by atoms with Crippen LogP contribution in [-0.4, -0.2) is 44.6 Å². The zero-order chi connectivity index (χ0) is 9.19. The minimum Gasteiger partial charge on any atom is -0.314 e. The molecule has 1 aliphatic heterocycles. The van der Waals surface area contributed by atoms with Crippen molar-refractivity contribution in [2.45, 2.75) is 6.42 Å². The molecule has 12 heavy (non-hydrogen) atoms. The number of hydrogen-bond donors (Lipinski definition) is 1. The third-order valence-electron chi connectivity index (χ3n) is 1.78. The van der Waals surface area contributed by atoms with Gasteiger partial charge in [0.05, 0.1) is 12.9 Å². The smallest absolute Gasteiger partial charge is 0.264 e. The second kappa shape index (κ2) is 3.69. The summed E-state index contributed by atoms with van der Waals surface area (Å²) in [5, 5.41) is 10.1. The van der Waals surface area contributed by atoms with Gasteiger partial charge in [0.2, 0.25) is 0 Å². The average molecular weight is 195 g/mol. The lowest BCUT2D eigenvalue weighted by atomic mass is 10.1. The summed E-state index contributed by atoms with van der Waals surface area (Å²) >= 11 is 0. The second-order valence-electron chi connectivity index (χ2n) is 3.06. The molecule has 1 aliphatic rings. The molecule has 0 aromatic rings. The first-order chi connectivity index (χ1) is 5.47. The van der Waals surface area contributed by atoms with Gasteiger partial charge in [0.1, 0.15) is 0 Å². The highest BCUT2D eigenvalue weighted by Crippen LogP contribution is 2.14. The van der Waals surface area contributed by atoms with Crippen molar-refractivity contribution in [3.05, 3.63) is 0 Å². The predicted molar refractivity (Wildman–Crippen MR) is 42.3 cm³/mol. The fourth-order valence-electron chi connectivity index (χ4n) is 1.17. The highest BCUT2D eigenvalue weighted by Gasteiger charge is 2.22. The van der Waals surface area contributed by atoms with Crippen molar-refractivity contribution in [2.24, 2.45) is 5.92 Å². The van der Waals surface area contributed by atoms with Crippen LogP contribution in [0.2, 0.25) is 0 Å². The van der Waals surface area contributed by atoms with Crippen LogP contribution in [0.4, 0.5) is 0 Å². The maximum absolute atomic E-state index is 10.6. The highest BCUT2D eigenvalue weighted by molar-refractivity contribution is 7.85. The Hall–Kier alpha value is -0.170. The Kier molecular flexibility index (Phi) is 3.05. The molecule has 0 aliphatic carbocycles. The van der Waals surface area contributed by atoms with E-state index >= 15 is 0 Å². The van der Waals surface area contributed by atoms with Gasteiger partial charge in [0.25, 0.3) is 10.1 Å². The highest BCUT2D eigenvalue weighted by atomic mass is 32.2. The number of hydrogen-bond acceptors (Lipinski definition) is 5. The topological polar surface area (TPSA) is 66.8 Å². The van der Waals surface area contributed by atoms with Crippen LogP contribution in [0.1, 0.15) is 6.42 Å². The van der Waals surface area contributed by atoms with Gasteiger partial charge in [0, 0.05) is 19.0 Å². The molecule has 1 fully saturated rings.